The number of hydrogen-bond donors (Lipinski definition) is 3. The van der Waals surface area contributed by atoms with Crippen LogP contribution in [-0.4, -0.2) is 25.5 Å². The third-order valence-corrected chi connectivity index (χ3v) is 2.03. The average Bonchev–Trinajstić information content (AvgIpc) is 2.27. The molecule has 0 saturated carbocycles. The maximum absolute atomic E-state index is 11.1. The summed E-state index contributed by atoms with van der Waals surface area (Å²) in [5.41, 5.74) is 6.95. The van der Waals surface area contributed by atoms with E-state index in [1.165, 1.54) is 7.11 Å². The van der Waals surface area contributed by atoms with E-state index in [4.69, 9.17) is 11.1 Å². The SMILES string of the molecule is COCC(=O)NCc1ccc(C(=N)N)cc1. The molecule has 0 aliphatic rings. The second kappa shape index (κ2) is 5.87. The maximum Gasteiger partial charge on any atom is 0.246 e. The Bertz CT molecular complexity index is 373. The Morgan fingerprint density at radius 3 is 2.56 bits per heavy atom. The largest absolute Gasteiger partial charge is 0.384 e. The molecule has 0 radical (unpaired) electrons. The Labute approximate surface area is 94.1 Å². The highest BCUT2D eigenvalue weighted by atomic mass is 16.5. The van der Waals surface area contributed by atoms with Crippen LogP contribution in [0.25, 0.3) is 0 Å². The van der Waals surface area contributed by atoms with E-state index in [0.29, 0.717) is 12.1 Å². The van der Waals surface area contributed by atoms with Crippen LogP contribution >= 0.6 is 0 Å². The molecule has 1 aromatic rings. The lowest BCUT2D eigenvalue weighted by atomic mass is 10.1. The number of carbonyl (C=O) groups is 1. The first-order chi connectivity index (χ1) is 7.63. The number of nitrogens with one attached hydrogen (secondary N) is 2. The maximum atomic E-state index is 11.1. The van der Waals surface area contributed by atoms with Gasteiger partial charge in [0.15, 0.2) is 0 Å². The number of nitrogen functional groups attached to an aromatic ring is 1. The number of amides is 1. The highest BCUT2D eigenvalue weighted by Gasteiger charge is 2.00. The monoisotopic (exact) mass is 221 g/mol. The van der Waals surface area contributed by atoms with Gasteiger partial charge in [0.1, 0.15) is 12.4 Å². The van der Waals surface area contributed by atoms with Crippen molar-refractivity contribution in [2.45, 2.75) is 6.54 Å². The van der Waals surface area contributed by atoms with Crippen LogP contribution in [0.4, 0.5) is 0 Å². The molecule has 1 amide bonds. The minimum absolute atomic E-state index is 0.0370. The molecule has 0 unspecified atom stereocenters. The van der Waals surface area contributed by atoms with Gasteiger partial charge in [-0.05, 0) is 5.56 Å². The Morgan fingerprint density at radius 2 is 2.06 bits per heavy atom. The summed E-state index contributed by atoms with van der Waals surface area (Å²) in [4.78, 5) is 11.1. The van der Waals surface area contributed by atoms with E-state index in [1.807, 2.05) is 12.1 Å². The molecule has 0 spiro atoms. The molecule has 0 aromatic heterocycles. The van der Waals surface area contributed by atoms with Crippen molar-refractivity contribution in [1.82, 2.24) is 5.32 Å². The molecule has 0 aliphatic carbocycles. The number of carbonyl (C=O) groups excluding carboxylic acids is 1. The van der Waals surface area contributed by atoms with Gasteiger partial charge in [0.25, 0.3) is 0 Å². The molecule has 5 heteroatoms. The van der Waals surface area contributed by atoms with E-state index in [1.54, 1.807) is 12.1 Å². The lowest BCUT2D eigenvalue weighted by Gasteiger charge is -2.05. The molecular formula is C11H15N3O2. The summed E-state index contributed by atoms with van der Waals surface area (Å²) in [6.45, 7) is 0.506. The lowest BCUT2D eigenvalue weighted by molar-refractivity contribution is -0.124. The molecule has 86 valence electrons. The third-order valence-electron chi connectivity index (χ3n) is 2.03. The van der Waals surface area contributed by atoms with Gasteiger partial charge in [0, 0.05) is 19.2 Å². The Morgan fingerprint density at radius 1 is 1.44 bits per heavy atom. The standard InChI is InChI=1S/C11H15N3O2/c1-16-7-10(15)14-6-8-2-4-9(5-3-8)11(12)13/h2-5H,6-7H2,1H3,(H3,12,13)(H,14,15). The van der Waals surface area contributed by atoms with Crippen molar-refractivity contribution in [2.75, 3.05) is 13.7 Å². The molecule has 0 saturated heterocycles. The number of rotatable bonds is 5. The van der Waals surface area contributed by atoms with Gasteiger partial charge in [0.2, 0.25) is 5.91 Å². The van der Waals surface area contributed by atoms with Crippen LogP contribution in [0.1, 0.15) is 11.1 Å². The van der Waals surface area contributed by atoms with Gasteiger partial charge in [0.05, 0.1) is 0 Å². The molecule has 0 aliphatic heterocycles. The van der Waals surface area contributed by atoms with Crippen LogP contribution in [0, 0.1) is 5.41 Å². The fourth-order valence-corrected chi connectivity index (χ4v) is 1.18. The zero-order chi connectivity index (χ0) is 12.0. The summed E-state index contributed by atoms with van der Waals surface area (Å²) < 4.78 is 4.69. The lowest BCUT2D eigenvalue weighted by Crippen LogP contribution is -2.26. The normalized spacial score (nSPS) is 9.81. The van der Waals surface area contributed by atoms with E-state index < -0.39 is 0 Å². The van der Waals surface area contributed by atoms with Crippen LogP contribution in [0.15, 0.2) is 24.3 Å². The Kier molecular flexibility index (Phi) is 4.47. The molecule has 1 rings (SSSR count). The number of benzene rings is 1. The number of hydrogen-bond acceptors (Lipinski definition) is 3. The van der Waals surface area contributed by atoms with Crippen molar-refractivity contribution >= 4 is 11.7 Å². The molecule has 1 aromatic carbocycles. The van der Waals surface area contributed by atoms with Crippen LogP contribution in [0.3, 0.4) is 0 Å². The summed E-state index contributed by atoms with van der Waals surface area (Å²) in [7, 11) is 1.47. The molecule has 16 heavy (non-hydrogen) atoms. The van der Waals surface area contributed by atoms with Gasteiger partial charge in [-0.25, -0.2) is 0 Å². The van der Waals surface area contributed by atoms with E-state index in [0.717, 1.165) is 5.56 Å². The van der Waals surface area contributed by atoms with Gasteiger partial charge >= 0.3 is 0 Å². The van der Waals surface area contributed by atoms with Gasteiger partial charge < -0.3 is 15.8 Å². The first kappa shape index (κ1) is 12.2. The first-order valence-corrected chi connectivity index (χ1v) is 4.82. The van der Waals surface area contributed by atoms with Gasteiger partial charge in [-0.2, -0.15) is 0 Å². The van der Waals surface area contributed by atoms with E-state index in [-0.39, 0.29) is 18.3 Å². The minimum atomic E-state index is -0.154. The predicted molar refractivity (Wildman–Crippen MR) is 61.2 cm³/mol. The third kappa shape index (κ3) is 3.70. The highest BCUT2D eigenvalue weighted by Crippen LogP contribution is 2.03. The van der Waals surface area contributed by atoms with Crippen LogP contribution in [-0.2, 0) is 16.1 Å². The van der Waals surface area contributed by atoms with Crippen LogP contribution < -0.4 is 11.1 Å². The molecule has 0 atom stereocenters. The summed E-state index contributed by atoms with van der Waals surface area (Å²) in [6, 6.07) is 7.15. The first-order valence-electron chi connectivity index (χ1n) is 4.82. The molecule has 0 heterocycles. The fourth-order valence-electron chi connectivity index (χ4n) is 1.18. The summed E-state index contributed by atoms with van der Waals surface area (Å²) in [5, 5.41) is 9.92. The van der Waals surface area contributed by atoms with Crippen molar-refractivity contribution in [2.24, 2.45) is 5.73 Å². The fraction of sp³-hybridized carbons (Fsp3) is 0.273. The smallest absolute Gasteiger partial charge is 0.246 e. The van der Waals surface area contributed by atoms with E-state index in [9.17, 15) is 4.79 Å². The van der Waals surface area contributed by atoms with Crippen LogP contribution in [0.5, 0.6) is 0 Å². The highest BCUT2D eigenvalue weighted by molar-refractivity contribution is 5.94. The molecule has 0 bridgehead atoms. The van der Waals surface area contributed by atoms with Crippen molar-refractivity contribution in [3.63, 3.8) is 0 Å². The number of ether oxygens (including phenoxy) is 1. The van der Waals surface area contributed by atoms with Gasteiger partial charge in [-0.3, -0.25) is 10.2 Å². The van der Waals surface area contributed by atoms with E-state index in [2.05, 4.69) is 10.1 Å². The van der Waals surface area contributed by atoms with Crippen LogP contribution in [0.2, 0.25) is 0 Å². The average molecular weight is 221 g/mol. The Hall–Kier alpha value is -1.88. The number of amidine groups is 1. The second-order valence-electron chi connectivity index (χ2n) is 3.32. The van der Waals surface area contributed by atoms with Gasteiger partial charge in [-0.15, -0.1) is 0 Å². The predicted octanol–water partition coefficient (Wildman–Crippen LogP) is 0.233. The zero-order valence-electron chi connectivity index (χ0n) is 9.12. The number of methoxy groups -OCH3 is 1. The molecular weight excluding hydrogens is 206 g/mol. The van der Waals surface area contributed by atoms with Crippen molar-refractivity contribution in [3.8, 4) is 0 Å². The Balaban J connectivity index is 2.49. The number of nitrogens with two attached hydrogens (primary N) is 1. The molecule has 4 N–H and O–H groups in total. The summed E-state index contributed by atoms with van der Waals surface area (Å²) >= 11 is 0. The summed E-state index contributed by atoms with van der Waals surface area (Å²) in [6.07, 6.45) is 0. The van der Waals surface area contributed by atoms with Crippen molar-refractivity contribution in [1.29, 1.82) is 5.41 Å². The molecule has 0 fully saturated rings. The molecule has 5 nitrogen and oxygen atoms in total. The van der Waals surface area contributed by atoms with Gasteiger partial charge in [-0.1, -0.05) is 24.3 Å². The van der Waals surface area contributed by atoms with E-state index >= 15 is 0 Å². The minimum Gasteiger partial charge on any atom is -0.384 e. The van der Waals surface area contributed by atoms with Crippen molar-refractivity contribution < 1.29 is 9.53 Å². The quantitative estimate of drug-likeness (QED) is 0.491. The van der Waals surface area contributed by atoms with Crippen molar-refractivity contribution in [3.05, 3.63) is 35.4 Å². The zero-order valence-corrected chi connectivity index (χ0v) is 9.12. The topological polar surface area (TPSA) is 88.2 Å². The summed E-state index contributed by atoms with van der Waals surface area (Å²) in [5.74, 6) is -0.117. The second-order valence-corrected chi connectivity index (χ2v) is 3.32.